The Hall–Kier alpha value is -1.96. The summed E-state index contributed by atoms with van der Waals surface area (Å²) in [5, 5.41) is 6.03. The molecule has 1 heterocycles. The quantitative estimate of drug-likeness (QED) is 0.552. The summed E-state index contributed by atoms with van der Waals surface area (Å²) in [4.78, 5) is 11.3. The number of nitrogens with two attached hydrogens (primary N) is 1. The number of amides is 1. The number of nitrogen functional groups attached to an aromatic ring is 1. The van der Waals surface area contributed by atoms with Gasteiger partial charge in [-0.2, -0.15) is 0 Å². The van der Waals surface area contributed by atoms with Crippen molar-refractivity contribution in [3.05, 3.63) is 40.0 Å². The Bertz CT molecular complexity index is 688. The minimum atomic E-state index is -0.164. The zero-order valence-corrected chi connectivity index (χ0v) is 12.6. The van der Waals surface area contributed by atoms with E-state index in [0.29, 0.717) is 17.1 Å². The average molecular weight is 381 g/mol. The molecule has 20 heavy (non-hydrogen) atoms. The molecule has 0 aromatic heterocycles. The molecular weight excluding hydrogens is 369 g/mol. The van der Waals surface area contributed by atoms with Crippen LogP contribution in [0.3, 0.4) is 0 Å². The first-order valence-corrected chi connectivity index (χ1v) is 7.09. The molecule has 0 aliphatic carbocycles. The van der Waals surface area contributed by atoms with Crippen molar-refractivity contribution in [2.75, 3.05) is 23.0 Å². The standard InChI is InChI=1S/C14H12IN3O2/c15-8-3-1-2-4-10(8)17-11-6-12-13(5-9(11)16)20-7-14(19)18-12/h1-6,17H,7,16H2,(H,18,19). The van der Waals surface area contributed by atoms with Gasteiger partial charge in [0.05, 0.1) is 22.7 Å². The van der Waals surface area contributed by atoms with Crippen molar-refractivity contribution in [3.8, 4) is 5.75 Å². The number of carbonyl (C=O) groups is 1. The fraction of sp³-hybridized carbons (Fsp3) is 0.0714. The molecule has 0 unspecified atom stereocenters. The van der Waals surface area contributed by atoms with Gasteiger partial charge in [0.25, 0.3) is 5.91 Å². The summed E-state index contributed by atoms with van der Waals surface area (Å²) in [5.41, 5.74) is 8.91. The fourth-order valence-electron chi connectivity index (χ4n) is 1.96. The van der Waals surface area contributed by atoms with E-state index in [2.05, 4.69) is 33.2 Å². The molecule has 2 aromatic carbocycles. The molecule has 0 radical (unpaired) electrons. The van der Waals surface area contributed by atoms with Crippen LogP contribution in [0.25, 0.3) is 0 Å². The minimum absolute atomic E-state index is 0.0236. The highest BCUT2D eigenvalue weighted by Gasteiger charge is 2.18. The number of hydrogen-bond acceptors (Lipinski definition) is 4. The lowest BCUT2D eigenvalue weighted by atomic mass is 10.2. The zero-order valence-electron chi connectivity index (χ0n) is 10.4. The van der Waals surface area contributed by atoms with Crippen LogP contribution in [0.2, 0.25) is 0 Å². The first kappa shape index (κ1) is 13.0. The molecule has 0 saturated heterocycles. The molecule has 5 nitrogen and oxygen atoms in total. The molecule has 1 aliphatic heterocycles. The SMILES string of the molecule is Nc1cc2c(cc1Nc1ccccc1I)NC(=O)CO2. The minimum Gasteiger partial charge on any atom is -0.482 e. The van der Waals surface area contributed by atoms with Gasteiger partial charge >= 0.3 is 0 Å². The summed E-state index contributed by atoms with van der Waals surface area (Å²) in [6.45, 7) is 0.0236. The van der Waals surface area contributed by atoms with E-state index in [4.69, 9.17) is 10.5 Å². The van der Waals surface area contributed by atoms with Crippen LogP contribution in [0.5, 0.6) is 5.75 Å². The second-order valence-electron chi connectivity index (χ2n) is 4.38. The lowest BCUT2D eigenvalue weighted by Gasteiger charge is -2.20. The maximum absolute atomic E-state index is 11.3. The van der Waals surface area contributed by atoms with Crippen LogP contribution in [-0.2, 0) is 4.79 Å². The Morgan fingerprint density at radius 1 is 1.25 bits per heavy atom. The Balaban J connectivity index is 1.96. The number of rotatable bonds is 2. The molecule has 6 heteroatoms. The Labute approximate surface area is 129 Å². The first-order valence-electron chi connectivity index (χ1n) is 6.01. The van der Waals surface area contributed by atoms with Crippen LogP contribution in [0.15, 0.2) is 36.4 Å². The highest BCUT2D eigenvalue weighted by molar-refractivity contribution is 14.1. The number of fused-ring (bicyclic) bond motifs is 1. The lowest BCUT2D eigenvalue weighted by molar-refractivity contribution is -0.118. The molecule has 0 bridgehead atoms. The third-order valence-corrected chi connectivity index (χ3v) is 3.87. The van der Waals surface area contributed by atoms with E-state index >= 15 is 0 Å². The van der Waals surface area contributed by atoms with Crippen LogP contribution in [0.4, 0.5) is 22.7 Å². The molecule has 2 aromatic rings. The van der Waals surface area contributed by atoms with E-state index in [-0.39, 0.29) is 12.5 Å². The number of hydrogen-bond donors (Lipinski definition) is 3. The number of benzene rings is 2. The Morgan fingerprint density at radius 2 is 2.05 bits per heavy atom. The summed E-state index contributed by atoms with van der Waals surface area (Å²) in [6, 6.07) is 11.4. The molecule has 0 spiro atoms. The van der Waals surface area contributed by atoms with E-state index < -0.39 is 0 Å². The van der Waals surface area contributed by atoms with Gasteiger partial charge in [-0.05, 0) is 40.8 Å². The smallest absolute Gasteiger partial charge is 0.262 e. The highest BCUT2D eigenvalue weighted by atomic mass is 127. The van der Waals surface area contributed by atoms with E-state index in [1.54, 1.807) is 12.1 Å². The molecule has 0 atom stereocenters. The summed E-state index contributed by atoms with van der Waals surface area (Å²) in [5.74, 6) is 0.429. The van der Waals surface area contributed by atoms with Gasteiger partial charge in [-0.1, -0.05) is 12.1 Å². The van der Waals surface area contributed by atoms with Gasteiger partial charge in [0, 0.05) is 9.64 Å². The van der Waals surface area contributed by atoms with Crippen LogP contribution in [0.1, 0.15) is 0 Å². The molecule has 4 N–H and O–H groups in total. The van der Waals surface area contributed by atoms with Gasteiger partial charge in [0.2, 0.25) is 0 Å². The van der Waals surface area contributed by atoms with E-state index in [1.165, 1.54) is 0 Å². The monoisotopic (exact) mass is 381 g/mol. The van der Waals surface area contributed by atoms with Crippen LogP contribution in [0, 0.1) is 3.57 Å². The maximum Gasteiger partial charge on any atom is 0.262 e. The summed E-state index contributed by atoms with van der Waals surface area (Å²) in [6.07, 6.45) is 0. The van der Waals surface area contributed by atoms with Gasteiger partial charge in [0.15, 0.2) is 6.61 Å². The molecule has 102 valence electrons. The molecular formula is C14H12IN3O2. The highest BCUT2D eigenvalue weighted by Crippen LogP contribution is 2.36. The molecule has 1 aliphatic rings. The normalized spacial score (nSPS) is 13.2. The van der Waals surface area contributed by atoms with Gasteiger partial charge in [0.1, 0.15) is 5.75 Å². The van der Waals surface area contributed by atoms with Crippen LogP contribution in [-0.4, -0.2) is 12.5 Å². The number of halogens is 1. The van der Waals surface area contributed by atoms with Crippen molar-refractivity contribution in [2.24, 2.45) is 0 Å². The number of carbonyl (C=O) groups excluding carboxylic acids is 1. The Morgan fingerprint density at radius 3 is 2.85 bits per heavy atom. The second-order valence-corrected chi connectivity index (χ2v) is 5.54. The third kappa shape index (κ3) is 2.51. The second kappa shape index (κ2) is 5.20. The topological polar surface area (TPSA) is 76.4 Å². The van der Waals surface area contributed by atoms with Crippen molar-refractivity contribution < 1.29 is 9.53 Å². The summed E-state index contributed by atoms with van der Waals surface area (Å²) >= 11 is 2.25. The predicted octanol–water partition coefficient (Wildman–Crippen LogP) is 2.95. The number of nitrogens with one attached hydrogen (secondary N) is 2. The van der Waals surface area contributed by atoms with Crippen LogP contribution >= 0.6 is 22.6 Å². The van der Waals surface area contributed by atoms with Gasteiger partial charge in [-0.15, -0.1) is 0 Å². The Kier molecular flexibility index (Phi) is 3.39. The molecule has 3 rings (SSSR count). The van der Waals surface area contributed by atoms with Crippen LogP contribution < -0.4 is 21.1 Å². The number of anilines is 4. The molecule has 0 fully saturated rings. The largest absolute Gasteiger partial charge is 0.482 e. The van der Waals surface area contributed by atoms with Crippen molar-refractivity contribution in [2.45, 2.75) is 0 Å². The first-order chi connectivity index (χ1) is 9.63. The van der Waals surface area contributed by atoms with Crippen molar-refractivity contribution >= 4 is 51.2 Å². The van der Waals surface area contributed by atoms with E-state index in [9.17, 15) is 4.79 Å². The lowest BCUT2D eigenvalue weighted by Crippen LogP contribution is -2.25. The van der Waals surface area contributed by atoms with Gasteiger partial charge in [-0.3, -0.25) is 4.79 Å². The average Bonchev–Trinajstić information content (AvgIpc) is 2.42. The number of para-hydroxylation sites is 1. The zero-order chi connectivity index (χ0) is 14.1. The van der Waals surface area contributed by atoms with E-state index in [1.807, 2.05) is 24.3 Å². The van der Waals surface area contributed by atoms with Gasteiger partial charge in [-0.25, -0.2) is 0 Å². The molecule has 1 amide bonds. The van der Waals surface area contributed by atoms with Crippen molar-refractivity contribution in [1.82, 2.24) is 0 Å². The summed E-state index contributed by atoms with van der Waals surface area (Å²) in [7, 11) is 0. The third-order valence-electron chi connectivity index (χ3n) is 2.93. The fourth-order valence-corrected chi connectivity index (χ4v) is 2.48. The predicted molar refractivity (Wildman–Crippen MR) is 87.4 cm³/mol. The maximum atomic E-state index is 11.3. The van der Waals surface area contributed by atoms with Crippen molar-refractivity contribution in [3.63, 3.8) is 0 Å². The number of ether oxygens (including phenoxy) is 1. The van der Waals surface area contributed by atoms with E-state index in [0.717, 1.165) is 14.9 Å². The van der Waals surface area contributed by atoms with Gasteiger partial charge < -0.3 is 21.1 Å². The molecule has 0 saturated carbocycles. The summed E-state index contributed by atoms with van der Waals surface area (Å²) < 4.78 is 6.41. The van der Waals surface area contributed by atoms with Crippen molar-refractivity contribution in [1.29, 1.82) is 0 Å².